The van der Waals surface area contributed by atoms with E-state index in [1.165, 1.54) is 24.1 Å². The van der Waals surface area contributed by atoms with E-state index >= 15 is 0 Å². The SMILES string of the molecule is CCCCn1cc(C)nc1NCc1c(C)nn(C)c1C. The van der Waals surface area contributed by atoms with E-state index in [0.717, 1.165) is 30.4 Å². The Labute approximate surface area is 121 Å². The molecule has 5 nitrogen and oxygen atoms in total. The molecule has 0 bridgehead atoms. The van der Waals surface area contributed by atoms with Crippen LogP contribution in [0, 0.1) is 20.8 Å². The maximum Gasteiger partial charge on any atom is 0.203 e. The molecule has 0 aliphatic heterocycles. The highest BCUT2D eigenvalue weighted by Crippen LogP contribution is 2.15. The van der Waals surface area contributed by atoms with Gasteiger partial charge in [-0.2, -0.15) is 5.10 Å². The lowest BCUT2D eigenvalue weighted by Crippen LogP contribution is -2.08. The molecule has 0 fully saturated rings. The second-order valence-electron chi connectivity index (χ2n) is 5.38. The number of aromatic nitrogens is 4. The van der Waals surface area contributed by atoms with Crippen LogP contribution in [0.15, 0.2) is 6.20 Å². The monoisotopic (exact) mass is 275 g/mol. The normalized spacial score (nSPS) is 11.1. The first-order valence-corrected chi connectivity index (χ1v) is 7.29. The van der Waals surface area contributed by atoms with E-state index in [9.17, 15) is 0 Å². The van der Waals surface area contributed by atoms with Gasteiger partial charge in [0.15, 0.2) is 0 Å². The number of rotatable bonds is 6. The van der Waals surface area contributed by atoms with Crippen molar-refractivity contribution < 1.29 is 0 Å². The van der Waals surface area contributed by atoms with E-state index < -0.39 is 0 Å². The van der Waals surface area contributed by atoms with Gasteiger partial charge in [0.1, 0.15) is 0 Å². The molecule has 2 rings (SSSR count). The second kappa shape index (κ2) is 6.11. The van der Waals surface area contributed by atoms with Crippen molar-refractivity contribution in [2.75, 3.05) is 5.32 Å². The summed E-state index contributed by atoms with van der Waals surface area (Å²) in [7, 11) is 1.98. The van der Waals surface area contributed by atoms with Crippen LogP contribution in [0.4, 0.5) is 5.95 Å². The summed E-state index contributed by atoms with van der Waals surface area (Å²) in [6.07, 6.45) is 4.48. The molecular weight excluding hydrogens is 250 g/mol. The van der Waals surface area contributed by atoms with Gasteiger partial charge in [0.25, 0.3) is 0 Å². The van der Waals surface area contributed by atoms with Crippen molar-refractivity contribution in [2.45, 2.75) is 53.6 Å². The molecule has 0 spiro atoms. The Kier molecular flexibility index (Phi) is 4.47. The van der Waals surface area contributed by atoms with E-state index in [4.69, 9.17) is 0 Å². The summed E-state index contributed by atoms with van der Waals surface area (Å²) in [6.45, 7) is 10.2. The zero-order valence-corrected chi connectivity index (χ0v) is 13.2. The van der Waals surface area contributed by atoms with E-state index in [1.807, 2.05) is 18.7 Å². The fraction of sp³-hybridized carbons (Fsp3) is 0.600. The maximum atomic E-state index is 4.57. The Hall–Kier alpha value is -1.78. The summed E-state index contributed by atoms with van der Waals surface area (Å²) in [4.78, 5) is 4.57. The predicted octanol–water partition coefficient (Wildman–Crippen LogP) is 2.95. The molecule has 2 aromatic rings. The van der Waals surface area contributed by atoms with Crippen molar-refractivity contribution in [2.24, 2.45) is 7.05 Å². The average molecular weight is 275 g/mol. The third kappa shape index (κ3) is 3.03. The summed E-state index contributed by atoms with van der Waals surface area (Å²) in [5.41, 5.74) is 4.61. The molecule has 0 aliphatic rings. The second-order valence-corrected chi connectivity index (χ2v) is 5.38. The van der Waals surface area contributed by atoms with Crippen LogP contribution in [0.1, 0.15) is 42.4 Å². The number of hydrogen-bond donors (Lipinski definition) is 1. The van der Waals surface area contributed by atoms with Gasteiger partial charge < -0.3 is 9.88 Å². The van der Waals surface area contributed by atoms with Crippen LogP contribution >= 0.6 is 0 Å². The van der Waals surface area contributed by atoms with Crippen molar-refractivity contribution in [3.63, 3.8) is 0 Å². The molecule has 2 aromatic heterocycles. The third-order valence-corrected chi connectivity index (χ3v) is 3.73. The zero-order chi connectivity index (χ0) is 14.7. The molecule has 0 saturated heterocycles. The van der Waals surface area contributed by atoms with Crippen molar-refractivity contribution in [1.29, 1.82) is 0 Å². The number of nitrogens with zero attached hydrogens (tertiary/aromatic N) is 4. The zero-order valence-electron chi connectivity index (χ0n) is 13.2. The van der Waals surface area contributed by atoms with Crippen molar-refractivity contribution in [3.8, 4) is 0 Å². The molecule has 20 heavy (non-hydrogen) atoms. The number of hydrogen-bond acceptors (Lipinski definition) is 3. The first-order chi connectivity index (χ1) is 9.52. The molecular formula is C15H25N5. The van der Waals surface area contributed by atoms with Gasteiger partial charge in [-0.05, 0) is 27.2 Å². The minimum absolute atomic E-state index is 0.772. The lowest BCUT2D eigenvalue weighted by Gasteiger charge is -2.09. The van der Waals surface area contributed by atoms with Gasteiger partial charge in [-0.15, -0.1) is 0 Å². The van der Waals surface area contributed by atoms with Crippen LogP contribution in [-0.4, -0.2) is 19.3 Å². The van der Waals surface area contributed by atoms with E-state index in [1.54, 1.807) is 0 Å². The Morgan fingerprint density at radius 1 is 1.25 bits per heavy atom. The van der Waals surface area contributed by atoms with Crippen LogP contribution in [0.5, 0.6) is 0 Å². The molecule has 0 unspecified atom stereocenters. The standard InChI is InChI=1S/C15H25N5/c1-6-7-8-20-10-11(2)17-15(20)16-9-14-12(3)18-19(5)13(14)4/h10H,6-9H2,1-5H3,(H,16,17). The molecule has 0 atom stereocenters. The molecule has 5 heteroatoms. The first kappa shape index (κ1) is 14.6. The third-order valence-electron chi connectivity index (χ3n) is 3.73. The molecule has 110 valence electrons. The molecule has 2 heterocycles. The Balaban J connectivity index is 2.10. The van der Waals surface area contributed by atoms with Crippen LogP contribution in [0.25, 0.3) is 0 Å². The number of nitrogens with one attached hydrogen (secondary N) is 1. The highest BCUT2D eigenvalue weighted by molar-refractivity contribution is 5.33. The smallest absolute Gasteiger partial charge is 0.203 e. The summed E-state index contributed by atoms with van der Waals surface area (Å²) in [5, 5.41) is 7.90. The highest BCUT2D eigenvalue weighted by atomic mass is 15.3. The Morgan fingerprint density at radius 2 is 2.00 bits per heavy atom. The van der Waals surface area contributed by atoms with Crippen molar-refractivity contribution in [3.05, 3.63) is 28.8 Å². The van der Waals surface area contributed by atoms with Gasteiger partial charge in [0.05, 0.1) is 11.4 Å². The number of anilines is 1. The van der Waals surface area contributed by atoms with Crippen LogP contribution in [0.3, 0.4) is 0 Å². The average Bonchev–Trinajstić information content (AvgIpc) is 2.86. The summed E-state index contributed by atoms with van der Waals surface area (Å²) in [6, 6.07) is 0. The van der Waals surface area contributed by atoms with Gasteiger partial charge in [0.2, 0.25) is 5.95 Å². The first-order valence-electron chi connectivity index (χ1n) is 7.29. The van der Waals surface area contributed by atoms with Gasteiger partial charge in [-0.25, -0.2) is 4.98 Å². The molecule has 1 N–H and O–H groups in total. The van der Waals surface area contributed by atoms with Gasteiger partial charge >= 0.3 is 0 Å². The van der Waals surface area contributed by atoms with Crippen LogP contribution < -0.4 is 5.32 Å². The van der Waals surface area contributed by atoms with E-state index in [-0.39, 0.29) is 0 Å². The van der Waals surface area contributed by atoms with Crippen molar-refractivity contribution >= 4 is 5.95 Å². The molecule has 0 aliphatic carbocycles. The number of unbranched alkanes of at least 4 members (excludes halogenated alkanes) is 1. The molecule has 0 saturated carbocycles. The minimum Gasteiger partial charge on any atom is -0.351 e. The maximum absolute atomic E-state index is 4.57. The fourth-order valence-electron chi connectivity index (χ4n) is 2.43. The molecule has 0 amide bonds. The van der Waals surface area contributed by atoms with Gasteiger partial charge in [0, 0.05) is 37.6 Å². The predicted molar refractivity (Wildman–Crippen MR) is 81.9 cm³/mol. The summed E-state index contributed by atoms with van der Waals surface area (Å²) < 4.78 is 4.14. The topological polar surface area (TPSA) is 47.7 Å². The molecule has 0 radical (unpaired) electrons. The van der Waals surface area contributed by atoms with Crippen LogP contribution in [0.2, 0.25) is 0 Å². The van der Waals surface area contributed by atoms with E-state index in [0.29, 0.717) is 0 Å². The number of aryl methyl sites for hydroxylation is 4. The van der Waals surface area contributed by atoms with Gasteiger partial charge in [-0.3, -0.25) is 4.68 Å². The van der Waals surface area contributed by atoms with Gasteiger partial charge in [-0.1, -0.05) is 13.3 Å². The Morgan fingerprint density at radius 3 is 2.60 bits per heavy atom. The molecule has 0 aromatic carbocycles. The lowest BCUT2D eigenvalue weighted by atomic mass is 10.2. The largest absolute Gasteiger partial charge is 0.351 e. The lowest BCUT2D eigenvalue weighted by molar-refractivity contribution is 0.634. The summed E-state index contributed by atoms with van der Waals surface area (Å²) >= 11 is 0. The summed E-state index contributed by atoms with van der Waals surface area (Å²) in [5.74, 6) is 0.957. The minimum atomic E-state index is 0.772. The highest BCUT2D eigenvalue weighted by Gasteiger charge is 2.11. The van der Waals surface area contributed by atoms with Crippen molar-refractivity contribution in [1.82, 2.24) is 19.3 Å². The number of imidazole rings is 1. The quantitative estimate of drug-likeness (QED) is 0.881. The van der Waals surface area contributed by atoms with E-state index in [2.05, 4.69) is 46.9 Å². The fourth-order valence-corrected chi connectivity index (χ4v) is 2.43. The Bertz CT molecular complexity index is 579. The van der Waals surface area contributed by atoms with Crippen LogP contribution in [-0.2, 0) is 20.1 Å².